The zero-order chi connectivity index (χ0) is 15.2. The first-order valence-electron chi connectivity index (χ1n) is 7.27. The van der Waals surface area contributed by atoms with Crippen LogP contribution in [-0.2, 0) is 11.2 Å². The van der Waals surface area contributed by atoms with Gasteiger partial charge in [-0.25, -0.2) is 4.79 Å². The Morgan fingerprint density at radius 2 is 2.14 bits per heavy atom. The highest BCUT2D eigenvalue weighted by Crippen LogP contribution is 2.33. The Morgan fingerprint density at radius 1 is 1.38 bits per heavy atom. The van der Waals surface area contributed by atoms with E-state index in [0.29, 0.717) is 25.1 Å². The van der Waals surface area contributed by atoms with Crippen molar-refractivity contribution in [1.29, 1.82) is 0 Å². The van der Waals surface area contributed by atoms with Gasteiger partial charge in [-0.1, -0.05) is 18.9 Å². The molecule has 114 valence electrons. The fourth-order valence-electron chi connectivity index (χ4n) is 2.25. The molecule has 0 aromatic heterocycles. The molecule has 5 heteroatoms. The summed E-state index contributed by atoms with van der Waals surface area (Å²) in [4.78, 5) is 22.5. The molecule has 1 saturated carbocycles. The molecule has 1 aromatic carbocycles. The summed E-state index contributed by atoms with van der Waals surface area (Å²) in [5.74, 6) is 0.415. The van der Waals surface area contributed by atoms with Gasteiger partial charge in [-0.3, -0.25) is 4.79 Å². The van der Waals surface area contributed by atoms with Gasteiger partial charge in [0.05, 0.1) is 12.7 Å². The Balaban J connectivity index is 1.81. The topological polar surface area (TPSA) is 75.6 Å². The van der Waals surface area contributed by atoms with Crippen molar-refractivity contribution in [2.45, 2.75) is 32.1 Å². The maximum atomic E-state index is 11.6. The number of ether oxygens (including phenoxy) is 1. The first-order chi connectivity index (χ1) is 10.1. The molecular formula is C16H21NO4. The van der Waals surface area contributed by atoms with Gasteiger partial charge in [-0.15, -0.1) is 0 Å². The average Bonchev–Trinajstić information content (AvgIpc) is 3.29. The molecule has 0 saturated heterocycles. The van der Waals surface area contributed by atoms with Crippen LogP contribution in [0, 0.1) is 5.92 Å². The zero-order valence-corrected chi connectivity index (χ0v) is 12.2. The van der Waals surface area contributed by atoms with Crippen LogP contribution in [0.15, 0.2) is 18.2 Å². The Hall–Kier alpha value is -2.04. The van der Waals surface area contributed by atoms with Crippen LogP contribution in [0.4, 0.5) is 0 Å². The summed E-state index contributed by atoms with van der Waals surface area (Å²) in [6.07, 6.45) is 4.74. The first kappa shape index (κ1) is 15.4. The number of methoxy groups -OCH3 is 1. The smallest absolute Gasteiger partial charge is 0.335 e. The van der Waals surface area contributed by atoms with Gasteiger partial charge in [-0.2, -0.15) is 0 Å². The molecule has 2 rings (SSSR count). The summed E-state index contributed by atoms with van der Waals surface area (Å²) in [6, 6.07) is 4.79. The van der Waals surface area contributed by atoms with E-state index >= 15 is 0 Å². The summed E-state index contributed by atoms with van der Waals surface area (Å²) < 4.78 is 5.20. The van der Waals surface area contributed by atoms with Crippen molar-refractivity contribution in [2.24, 2.45) is 5.92 Å². The van der Waals surface area contributed by atoms with Gasteiger partial charge < -0.3 is 15.2 Å². The van der Waals surface area contributed by atoms with Gasteiger partial charge in [0.25, 0.3) is 0 Å². The van der Waals surface area contributed by atoms with Crippen molar-refractivity contribution in [3.8, 4) is 5.75 Å². The largest absolute Gasteiger partial charge is 0.496 e. The van der Waals surface area contributed by atoms with Crippen LogP contribution >= 0.6 is 0 Å². The van der Waals surface area contributed by atoms with Crippen LogP contribution in [-0.4, -0.2) is 30.6 Å². The normalized spacial score (nSPS) is 13.8. The Labute approximate surface area is 124 Å². The van der Waals surface area contributed by atoms with Gasteiger partial charge in [-0.05, 0) is 36.5 Å². The molecule has 1 aromatic rings. The number of benzene rings is 1. The van der Waals surface area contributed by atoms with Crippen molar-refractivity contribution in [2.75, 3.05) is 13.7 Å². The number of carboxylic acid groups (broad SMARTS) is 1. The van der Waals surface area contributed by atoms with E-state index in [-0.39, 0.29) is 11.5 Å². The molecule has 1 aliphatic carbocycles. The van der Waals surface area contributed by atoms with Crippen LogP contribution in [0.3, 0.4) is 0 Å². The number of hydrogen-bond acceptors (Lipinski definition) is 3. The Morgan fingerprint density at radius 3 is 2.76 bits per heavy atom. The number of amides is 1. The van der Waals surface area contributed by atoms with E-state index in [2.05, 4.69) is 5.32 Å². The van der Waals surface area contributed by atoms with Gasteiger partial charge in [0.1, 0.15) is 5.75 Å². The minimum atomic E-state index is -0.978. The SMILES string of the molecule is COc1cc(C(=O)O)ccc1CCNC(=O)CCC1CC1. The third kappa shape index (κ3) is 4.77. The zero-order valence-electron chi connectivity index (χ0n) is 12.2. The van der Waals surface area contributed by atoms with E-state index in [1.165, 1.54) is 26.0 Å². The number of hydrogen-bond donors (Lipinski definition) is 2. The van der Waals surface area contributed by atoms with Crippen molar-refractivity contribution in [1.82, 2.24) is 5.32 Å². The third-order valence-corrected chi connectivity index (χ3v) is 3.73. The summed E-state index contributed by atoms with van der Waals surface area (Å²) >= 11 is 0. The molecule has 0 spiro atoms. The van der Waals surface area contributed by atoms with Gasteiger partial charge in [0.2, 0.25) is 5.91 Å². The van der Waals surface area contributed by atoms with E-state index in [9.17, 15) is 9.59 Å². The predicted molar refractivity (Wildman–Crippen MR) is 78.6 cm³/mol. The van der Waals surface area contributed by atoms with E-state index in [0.717, 1.165) is 17.9 Å². The molecule has 0 unspecified atom stereocenters. The Kier molecular flexibility index (Phi) is 5.20. The van der Waals surface area contributed by atoms with Crippen LogP contribution in [0.1, 0.15) is 41.6 Å². The molecule has 0 aliphatic heterocycles. The monoisotopic (exact) mass is 291 g/mol. The molecule has 0 radical (unpaired) electrons. The van der Waals surface area contributed by atoms with Crippen molar-refractivity contribution in [3.63, 3.8) is 0 Å². The molecule has 21 heavy (non-hydrogen) atoms. The fraction of sp³-hybridized carbons (Fsp3) is 0.500. The van der Waals surface area contributed by atoms with E-state index in [1.807, 2.05) is 0 Å². The maximum absolute atomic E-state index is 11.6. The van der Waals surface area contributed by atoms with Crippen molar-refractivity contribution >= 4 is 11.9 Å². The minimum absolute atomic E-state index is 0.0861. The van der Waals surface area contributed by atoms with Gasteiger partial charge in [0.15, 0.2) is 0 Å². The molecule has 2 N–H and O–H groups in total. The molecule has 0 heterocycles. The van der Waals surface area contributed by atoms with Gasteiger partial charge in [0, 0.05) is 13.0 Å². The van der Waals surface area contributed by atoms with E-state index in [1.54, 1.807) is 12.1 Å². The summed E-state index contributed by atoms with van der Waals surface area (Å²) in [5.41, 5.74) is 1.09. The molecule has 1 amide bonds. The number of rotatable bonds is 8. The summed E-state index contributed by atoms with van der Waals surface area (Å²) in [6.45, 7) is 0.534. The van der Waals surface area contributed by atoms with Gasteiger partial charge >= 0.3 is 5.97 Å². The van der Waals surface area contributed by atoms with Crippen molar-refractivity contribution < 1.29 is 19.4 Å². The highest BCUT2D eigenvalue weighted by atomic mass is 16.5. The van der Waals surface area contributed by atoms with E-state index in [4.69, 9.17) is 9.84 Å². The molecular weight excluding hydrogens is 270 g/mol. The third-order valence-electron chi connectivity index (χ3n) is 3.73. The standard InChI is InChI=1S/C16H21NO4/c1-21-14-10-13(16(19)20)6-5-12(14)8-9-17-15(18)7-4-11-2-3-11/h5-6,10-11H,2-4,7-9H2,1H3,(H,17,18)(H,19,20). The number of carboxylic acids is 1. The predicted octanol–water partition coefficient (Wildman–Crippen LogP) is 2.24. The van der Waals surface area contributed by atoms with Crippen molar-refractivity contribution in [3.05, 3.63) is 29.3 Å². The Bertz CT molecular complexity index is 523. The molecule has 1 aliphatic rings. The lowest BCUT2D eigenvalue weighted by molar-refractivity contribution is -0.121. The van der Waals surface area contributed by atoms with Crippen LogP contribution in [0.25, 0.3) is 0 Å². The number of carbonyl (C=O) groups excluding carboxylic acids is 1. The number of aromatic carboxylic acids is 1. The summed E-state index contributed by atoms with van der Waals surface area (Å²) in [5, 5.41) is 11.8. The van der Waals surface area contributed by atoms with Crippen LogP contribution < -0.4 is 10.1 Å². The minimum Gasteiger partial charge on any atom is -0.496 e. The average molecular weight is 291 g/mol. The van der Waals surface area contributed by atoms with E-state index < -0.39 is 5.97 Å². The number of carbonyl (C=O) groups is 2. The summed E-state index contributed by atoms with van der Waals surface area (Å²) in [7, 11) is 1.51. The van der Waals surface area contributed by atoms with Crippen LogP contribution in [0.2, 0.25) is 0 Å². The fourth-order valence-corrected chi connectivity index (χ4v) is 2.25. The molecule has 0 bridgehead atoms. The highest BCUT2D eigenvalue weighted by molar-refractivity contribution is 5.88. The molecule has 1 fully saturated rings. The molecule has 0 atom stereocenters. The quantitative estimate of drug-likeness (QED) is 0.770. The highest BCUT2D eigenvalue weighted by Gasteiger charge is 2.21. The first-order valence-corrected chi connectivity index (χ1v) is 7.27. The lowest BCUT2D eigenvalue weighted by atomic mass is 10.1. The number of nitrogens with one attached hydrogen (secondary N) is 1. The van der Waals surface area contributed by atoms with Crippen LogP contribution in [0.5, 0.6) is 5.75 Å². The second kappa shape index (κ2) is 7.11. The second-order valence-corrected chi connectivity index (χ2v) is 5.41. The lowest BCUT2D eigenvalue weighted by Gasteiger charge is -2.10. The molecule has 5 nitrogen and oxygen atoms in total. The second-order valence-electron chi connectivity index (χ2n) is 5.41. The maximum Gasteiger partial charge on any atom is 0.335 e. The lowest BCUT2D eigenvalue weighted by Crippen LogP contribution is -2.25.